The van der Waals surface area contributed by atoms with Crippen LogP contribution in [0.5, 0.6) is 0 Å². The van der Waals surface area contributed by atoms with Crippen LogP contribution >= 0.6 is 0 Å². The Morgan fingerprint density at radius 1 is 1.42 bits per heavy atom. The number of carbonyl (C=O) groups excluding carboxylic acids is 1. The van der Waals surface area contributed by atoms with Crippen molar-refractivity contribution in [3.8, 4) is 0 Å². The number of rotatable bonds is 8. The van der Waals surface area contributed by atoms with Crippen molar-refractivity contribution in [1.82, 2.24) is 15.5 Å². The number of piperidine rings is 1. The molecule has 19 heavy (non-hydrogen) atoms. The summed E-state index contributed by atoms with van der Waals surface area (Å²) in [4.78, 5) is 14.2. The van der Waals surface area contributed by atoms with E-state index in [2.05, 4.69) is 15.5 Å². The molecule has 1 atom stereocenters. The highest BCUT2D eigenvalue weighted by Gasteiger charge is 2.23. The minimum absolute atomic E-state index is 0.138. The number of hydrogen-bond acceptors (Lipinski definition) is 4. The van der Waals surface area contributed by atoms with Crippen LogP contribution in [0.1, 0.15) is 33.1 Å². The van der Waals surface area contributed by atoms with Crippen molar-refractivity contribution in [3.05, 3.63) is 0 Å². The molecule has 0 radical (unpaired) electrons. The number of amides is 1. The lowest BCUT2D eigenvalue weighted by atomic mass is 10.0. The summed E-state index contributed by atoms with van der Waals surface area (Å²) in [5, 5.41) is 6.37. The molecule has 1 fully saturated rings. The molecule has 1 aliphatic heterocycles. The smallest absolute Gasteiger partial charge is 0.234 e. The second-order valence-electron chi connectivity index (χ2n) is 5.54. The zero-order valence-corrected chi connectivity index (χ0v) is 12.6. The number of nitrogens with one attached hydrogen (secondary N) is 2. The Morgan fingerprint density at radius 3 is 2.89 bits per heavy atom. The molecule has 0 aromatic carbocycles. The molecule has 0 saturated carbocycles. The van der Waals surface area contributed by atoms with Gasteiger partial charge in [0.05, 0.1) is 13.2 Å². The first-order valence-electron chi connectivity index (χ1n) is 7.36. The maximum Gasteiger partial charge on any atom is 0.234 e. The third-order valence-corrected chi connectivity index (χ3v) is 3.41. The van der Waals surface area contributed by atoms with E-state index in [9.17, 15) is 4.79 Å². The summed E-state index contributed by atoms with van der Waals surface area (Å²) in [6.07, 6.45) is 3.64. The summed E-state index contributed by atoms with van der Waals surface area (Å²) in [6, 6.07) is 0.694. The predicted octanol–water partition coefficient (Wildman–Crippen LogP) is 0.602. The molecule has 1 unspecified atom stereocenters. The lowest BCUT2D eigenvalue weighted by molar-refractivity contribution is -0.123. The van der Waals surface area contributed by atoms with Gasteiger partial charge in [-0.15, -0.1) is 0 Å². The Hall–Kier alpha value is -0.650. The average molecular weight is 271 g/mol. The molecule has 2 N–H and O–H groups in total. The molecule has 1 rings (SSSR count). The Balaban J connectivity index is 2.32. The van der Waals surface area contributed by atoms with E-state index in [0.717, 1.165) is 26.2 Å². The van der Waals surface area contributed by atoms with E-state index >= 15 is 0 Å². The zero-order valence-electron chi connectivity index (χ0n) is 12.6. The van der Waals surface area contributed by atoms with Gasteiger partial charge < -0.3 is 15.4 Å². The molecule has 1 aliphatic rings. The first-order chi connectivity index (χ1) is 9.13. The molecule has 0 bridgehead atoms. The van der Waals surface area contributed by atoms with Crippen LogP contribution in [0.2, 0.25) is 0 Å². The molecule has 1 saturated heterocycles. The Bertz CT molecular complexity index is 259. The van der Waals surface area contributed by atoms with Crippen molar-refractivity contribution in [2.45, 2.75) is 45.2 Å². The van der Waals surface area contributed by atoms with Crippen molar-refractivity contribution in [3.63, 3.8) is 0 Å². The standard InChI is InChI=1S/C14H29N3O2/c1-12(2)16-14(18)11-17-8-5-4-6-13(17)10-15-7-9-19-3/h12-13,15H,4-11H2,1-3H3,(H,16,18). The Labute approximate surface area is 117 Å². The minimum Gasteiger partial charge on any atom is -0.383 e. The van der Waals surface area contributed by atoms with Crippen LogP contribution in [0.4, 0.5) is 0 Å². The van der Waals surface area contributed by atoms with Gasteiger partial charge in [0.15, 0.2) is 0 Å². The summed E-state index contributed by atoms with van der Waals surface area (Å²) in [5.74, 6) is 0.138. The van der Waals surface area contributed by atoms with Crippen LogP contribution in [0.25, 0.3) is 0 Å². The number of methoxy groups -OCH3 is 1. The van der Waals surface area contributed by atoms with Gasteiger partial charge >= 0.3 is 0 Å². The number of hydrogen-bond donors (Lipinski definition) is 2. The van der Waals surface area contributed by atoms with Gasteiger partial charge in [0.25, 0.3) is 0 Å². The van der Waals surface area contributed by atoms with Crippen molar-refractivity contribution < 1.29 is 9.53 Å². The van der Waals surface area contributed by atoms with Crippen LogP contribution in [0.15, 0.2) is 0 Å². The van der Waals surface area contributed by atoms with Gasteiger partial charge in [0, 0.05) is 32.3 Å². The summed E-state index contributed by atoms with van der Waals surface area (Å²) >= 11 is 0. The quantitative estimate of drug-likeness (QED) is 0.635. The monoisotopic (exact) mass is 271 g/mol. The third kappa shape index (κ3) is 6.89. The molecular formula is C14H29N3O2. The topological polar surface area (TPSA) is 53.6 Å². The zero-order chi connectivity index (χ0) is 14.1. The predicted molar refractivity (Wildman–Crippen MR) is 77.2 cm³/mol. The molecule has 1 heterocycles. The van der Waals surface area contributed by atoms with E-state index in [1.165, 1.54) is 19.3 Å². The van der Waals surface area contributed by atoms with Crippen LogP contribution in [-0.4, -0.2) is 62.8 Å². The fourth-order valence-electron chi connectivity index (χ4n) is 2.49. The Morgan fingerprint density at radius 2 is 2.21 bits per heavy atom. The van der Waals surface area contributed by atoms with Crippen molar-refractivity contribution in [1.29, 1.82) is 0 Å². The van der Waals surface area contributed by atoms with Crippen molar-refractivity contribution in [2.24, 2.45) is 0 Å². The van der Waals surface area contributed by atoms with Crippen LogP contribution in [-0.2, 0) is 9.53 Å². The molecule has 0 aromatic rings. The fraction of sp³-hybridized carbons (Fsp3) is 0.929. The molecule has 5 nitrogen and oxygen atoms in total. The van der Waals surface area contributed by atoms with Crippen LogP contribution in [0, 0.1) is 0 Å². The molecule has 0 aliphatic carbocycles. The molecule has 0 spiro atoms. The van der Waals surface area contributed by atoms with E-state index in [-0.39, 0.29) is 11.9 Å². The summed E-state index contributed by atoms with van der Waals surface area (Å²) in [7, 11) is 1.71. The van der Waals surface area contributed by atoms with E-state index in [4.69, 9.17) is 4.74 Å². The van der Waals surface area contributed by atoms with Gasteiger partial charge in [-0.1, -0.05) is 6.42 Å². The van der Waals surface area contributed by atoms with Gasteiger partial charge in [-0.25, -0.2) is 0 Å². The van der Waals surface area contributed by atoms with Gasteiger partial charge in [0.2, 0.25) is 5.91 Å². The van der Waals surface area contributed by atoms with E-state index in [1.807, 2.05) is 13.8 Å². The second-order valence-corrected chi connectivity index (χ2v) is 5.54. The van der Waals surface area contributed by atoms with Crippen molar-refractivity contribution in [2.75, 3.05) is 39.9 Å². The Kier molecular flexibility index (Phi) is 8.02. The van der Waals surface area contributed by atoms with E-state index in [0.29, 0.717) is 12.6 Å². The number of likely N-dealkylation sites (tertiary alicyclic amines) is 1. The van der Waals surface area contributed by atoms with E-state index < -0.39 is 0 Å². The van der Waals surface area contributed by atoms with Crippen molar-refractivity contribution >= 4 is 5.91 Å². The molecule has 0 aromatic heterocycles. The first-order valence-corrected chi connectivity index (χ1v) is 7.36. The second kappa shape index (κ2) is 9.28. The largest absolute Gasteiger partial charge is 0.383 e. The lowest BCUT2D eigenvalue weighted by Gasteiger charge is -2.35. The van der Waals surface area contributed by atoms with Crippen LogP contribution < -0.4 is 10.6 Å². The summed E-state index contributed by atoms with van der Waals surface area (Å²) < 4.78 is 5.03. The molecule has 1 amide bonds. The molecule has 5 heteroatoms. The van der Waals surface area contributed by atoms with Gasteiger partial charge in [0.1, 0.15) is 0 Å². The normalized spacial score (nSPS) is 20.7. The van der Waals surface area contributed by atoms with Gasteiger partial charge in [-0.3, -0.25) is 9.69 Å². The van der Waals surface area contributed by atoms with Gasteiger partial charge in [-0.05, 0) is 33.2 Å². The maximum absolute atomic E-state index is 11.9. The number of ether oxygens (including phenoxy) is 1. The molecule has 112 valence electrons. The highest BCUT2D eigenvalue weighted by molar-refractivity contribution is 5.78. The highest BCUT2D eigenvalue weighted by atomic mass is 16.5. The fourth-order valence-corrected chi connectivity index (χ4v) is 2.49. The number of nitrogens with zero attached hydrogens (tertiary/aromatic N) is 1. The van der Waals surface area contributed by atoms with E-state index in [1.54, 1.807) is 7.11 Å². The number of carbonyl (C=O) groups is 1. The SMILES string of the molecule is COCCNCC1CCCCN1CC(=O)NC(C)C. The molecular weight excluding hydrogens is 242 g/mol. The average Bonchev–Trinajstić information content (AvgIpc) is 2.35. The highest BCUT2D eigenvalue weighted by Crippen LogP contribution is 2.15. The first kappa shape index (κ1) is 16.4. The summed E-state index contributed by atoms with van der Waals surface area (Å²) in [5.41, 5.74) is 0. The summed E-state index contributed by atoms with van der Waals surface area (Å²) in [6.45, 7) is 8.10. The lowest BCUT2D eigenvalue weighted by Crippen LogP contribution is -2.50. The van der Waals surface area contributed by atoms with Gasteiger partial charge in [-0.2, -0.15) is 0 Å². The third-order valence-electron chi connectivity index (χ3n) is 3.41. The van der Waals surface area contributed by atoms with Crippen LogP contribution in [0.3, 0.4) is 0 Å². The minimum atomic E-state index is 0.138. The maximum atomic E-state index is 11.9.